The lowest BCUT2D eigenvalue weighted by atomic mass is 10.0. The van der Waals surface area contributed by atoms with Crippen LogP contribution in [-0.4, -0.2) is 19.3 Å². The highest BCUT2D eigenvalue weighted by atomic mass is 35.5. The summed E-state index contributed by atoms with van der Waals surface area (Å²) < 4.78 is 5.39. The quantitative estimate of drug-likeness (QED) is 0.812. The zero-order chi connectivity index (χ0) is 12.3. The molecule has 2 unspecified atom stereocenters. The predicted octanol–water partition coefficient (Wildman–Crippen LogP) is 2.44. The largest absolute Gasteiger partial charge is 0.398 e. The van der Waals surface area contributed by atoms with Crippen molar-refractivity contribution in [2.24, 2.45) is 5.92 Å². The number of nitrogens with one attached hydrogen (secondary N) is 1. The molecule has 3 N–H and O–H groups in total. The van der Waals surface area contributed by atoms with Gasteiger partial charge in [0.15, 0.2) is 0 Å². The molecule has 0 bridgehead atoms. The van der Waals surface area contributed by atoms with E-state index in [1.807, 2.05) is 18.2 Å². The molecule has 1 aromatic carbocycles. The molecule has 1 aliphatic heterocycles. The van der Waals surface area contributed by atoms with Gasteiger partial charge in [0, 0.05) is 19.2 Å². The minimum absolute atomic E-state index is 0.467. The first-order chi connectivity index (χ1) is 8.16. The molecule has 0 amide bonds. The monoisotopic (exact) mass is 254 g/mol. The number of nitrogen functional groups attached to an aromatic ring is 1. The fraction of sp³-hybridized carbons (Fsp3) is 0.538. The lowest BCUT2D eigenvalue weighted by Gasteiger charge is -2.19. The number of anilines is 1. The molecule has 1 aromatic rings. The van der Waals surface area contributed by atoms with E-state index >= 15 is 0 Å². The lowest BCUT2D eigenvalue weighted by Crippen LogP contribution is -2.33. The molecule has 0 saturated carbocycles. The van der Waals surface area contributed by atoms with Crippen LogP contribution in [0.1, 0.15) is 18.9 Å². The number of hydrogen-bond donors (Lipinski definition) is 2. The van der Waals surface area contributed by atoms with Crippen LogP contribution in [0.15, 0.2) is 18.2 Å². The smallest absolute Gasteiger partial charge is 0.0638 e. The summed E-state index contributed by atoms with van der Waals surface area (Å²) in [6.45, 7) is 4.79. The van der Waals surface area contributed by atoms with E-state index in [4.69, 9.17) is 22.1 Å². The molecule has 4 heteroatoms. The SMILES string of the molecule is CC(NCc1ccc(N)c(Cl)c1)C1CCOC1. The maximum atomic E-state index is 5.98. The van der Waals surface area contributed by atoms with E-state index in [-0.39, 0.29) is 0 Å². The number of hydrogen-bond acceptors (Lipinski definition) is 3. The van der Waals surface area contributed by atoms with Crippen LogP contribution in [0.4, 0.5) is 5.69 Å². The highest BCUT2D eigenvalue weighted by molar-refractivity contribution is 6.33. The number of ether oxygens (including phenoxy) is 1. The molecule has 1 aliphatic rings. The van der Waals surface area contributed by atoms with Crippen LogP contribution in [0.25, 0.3) is 0 Å². The maximum Gasteiger partial charge on any atom is 0.0638 e. The zero-order valence-electron chi connectivity index (χ0n) is 10.1. The molecule has 1 saturated heterocycles. The van der Waals surface area contributed by atoms with E-state index < -0.39 is 0 Å². The first-order valence-corrected chi connectivity index (χ1v) is 6.39. The Morgan fingerprint density at radius 3 is 3.06 bits per heavy atom. The van der Waals surface area contributed by atoms with Gasteiger partial charge in [0.2, 0.25) is 0 Å². The van der Waals surface area contributed by atoms with Gasteiger partial charge in [0.1, 0.15) is 0 Å². The van der Waals surface area contributed by atoms with E-state index in [1.165, 1.54) is 0 Å². The molecular formula is C13H19ClN2O. The van der Waals surface area contributed by atoms with E-state index in [9.17, 15) is 0 Å². The number of rotatable bonds is 4. The van der Waals surface area contributed by atoms with Crippen molar-refractivity contribution in [1.29, 1.82) is 0 Å². The molecule has 1 fully saturated rings. The van der Waals surface area contributed by atoms with Gasteiger partial charge in [-0.3, -0.25) is 0 Å². The van der Waals surface area contributed by atoms with Gasteiger partial charge in [-0.1, -0.05) is 17.7 Å². The fourth-order valence-electron chi connectivity index (χ4n) is 2.07. The van der Waals surface area contributed by atoms with Gasteiger partial charge in [-0.15, -0.1) is 0 Å². The number of halogens is 1. The zero-order valence-corrected chi connectivity index (χ0v) is 10.8. The van der Waals surface area contributed by atoms with Crippen molar-refractivity contribution in [2.75, 3.05) is 18.9 Å². The Morgan fingerprint density at radius 1 is 1.59 bits per heavy atom. The second kappa shape index (κ2) is 5.71. The van der Waals surface area contributed by atoms with E-state index in [0.29, 0.717) is 22.7 Å². The predicted molar refractivity (Wildman–Crippen MR) is 71.1 cm³/mol. The summed E-state index contributed by atoms with van der Waals surface area (Å²) in [6.07, 6.45) is 1.15. The Labute approximate surface area is 107 Å². The Hall–Kier alpha value is -0.770. The summed E-state index contributed by atoms with van der Waals surface area (Å²) in [7, 11) is 0. The molecule has 17 heavy (non-hydrogen) atoms. The Balaban J connectivity index is 1.86. The highest BCUT2D eigenvalue weighted by Gasteiger charge is 2.21. The van der Waals surface area contributed by atoms with E-state index in [1.54, 1.807) is 0 Å². The average Bonchev–Trinajstić information content (AvgIpc) is 2.84. The summed E-state index contributed by atoms with van der Waals surface area (Å²) in [4.78, 5) is 0. The van der Waals surface area contributed by atoms with Gasteiger partial charge in [-0.2, -0.15) is 0 Å². The van der Waals surface area contributed by atoms with E-state index in [2.05, 4.69) is 12.2 Å². The van der Waals surface area contributed by atoms with Crippen LogP contribution >= 0.6 is 11.6 Å². The lowest BCUT2D eigenvalue weighted by molar-refractivity contribution is 0.178. The van der Waals surface area contributed by atoms with Gasteiger partial charge >= 0.3 is 0 Å². The molecule has 0 spiro atoms. The third kappa shape index (κ3) is 3.35. The van der Waals surface area contributed by atoms with Gasteiger partial charge < -0.3 is 15.8 Å². The number of nitrogens with two attached hydrogens (primary N) is 1. The van der Waals surface area contributed by atoms with Crippen molar-refractivity contribution in [3.8, 4) is 0 Å². The van der Waals surface area contributed by atoms with Gasteiger partial charge in [0.05, 0.1) is 17.3 Å². The summed E-state index contributed by atoms with van der Waals surface area (Å²) in [6, 6.07) is 6.24. The van der Waals surface area contributed by atoms with E-state index in [0.717, 1.165) is 31.7 Å². The van der Waals surface area contributed by atoms with Crippen LogP contribution in [0.3, 0.4) is 0 Å². The molecule has 3 nitrogen and oxygen atoms in total. The van der Waals surface area contributed by atoms with Crippen LogP contribution in [0.2, 0.25) is 5.02 Å². The van der Waals surface area contributed by atoms with Crippen molar-refractivity contribution < 1.29 is 4.74 Å². The van der Waals surface area contributed by atoms with Crippen LogP contribution in [0.5, 0.6) is 0 Å². The van der Waals surface area contributed by atoms with Crippen LogP contribution in [0, 0.1) is 5.92 Å². The van der Waals surface area contributed by atoms with Crippen LogP contribution in [-0.2, 0) is 11.3 Å². The summed E-state index contributed by atoms with van der Waals surface area (Å²) in [5, 5.41) is 4.13. The Bertz CT molecular complexity index is 378. The Kier molecular flexibility index (Phi) is 4.26. The van der Waals surface area contributed by atoms with Crippen LogP contribution < -0.4 is 11.1 Å². The third-order valence-electron chi connectivity index (χ3n) is 3.37. The van der Waals surface area contributed by atoms with Crippen molar-refractivity contribution in [3.05, 3.63) is 28.8 Å². The fourth-order valence-corrected chi connectivity index (χ4v) is 2.28. The molecule has 2 atom stereocenters. The highest BCUT2D eigenvalue weighted by Crippen LogP contribution is 2.20. The second-order valence-corrected chi connectivity index (χ2v) is 5.06. The summed E-state index contributed by atoms with van der Waals surface area (Å²) in [5.41, 5.74) is 7.47. The molecule has 94 valence electrons. The number of benzene rings is 1. The molecular weight excluding hydrogens is 236 g/mol. The first-order valence-electron chi connectivity index (χ1n) is 6.02. The average molecular weight is 255 g/mol. The van der Waals surface area contributed by atoms with Crippen molar-refractivity contribution in [2.45, 2.75) is 25.9 Å². The molecule has 0 aromatic heterocycles. The normalized spacial score (nSPS) is 21.6. The second-order valence-electron chi connectivity index (χ2n) is 4.65. The maximum absolute atomic E-state index is 5.98. The van der Waals surface area contributed by atoms with Gasteiger partial charge in [-0.05, 0) is 37.0 Å². The van der Waals surface area contributed by atoms with Crippen molar-refractivity contribution >= 4 is 17.3 Å². The van der Waals surface area contributed by atoms with Crippen molar-refractivity contribution in [3.63, 3.8) is 0 Å². The van der Waals surface area contributed by atoms with Crippen molar-refractivity contribution in [1.82, 2.24) is 5.32 Å². The third-order valence-corrected chi connectivity index (χ3v) is 3.69. The molecule has 0 radical (unpaired) electrons. The minimum atomic E-state index is 0.467. The molecule has 2 rings (SSSR count). The topological polar surface area (TPSA) is 47.3 Å². The standard InChI is InChI=1S/C13H19ClN2O/c1-9(11-4-5-17-8-11)16-7-10-2-3-13(15)12(14)6-10/h2-3,6,9,11,16H,4-5,7-8,15H2,1H3. The Morgan fingerprint density at radius 2 is 2.41 bits per heavy atom. The summed E-state index contributed by atoms with van der Waals surface area (Å²) in [5.74, 6) is 0.624. The molecule has 1 heterocycles. The van der Waals surface area contributed by atoms with Gasteiger partial charge in [-0.25, -0.2) is 0 Å². The summed E-state index contributed by atoms with van der Waals surface area (Å²) >= 11 is 5.98. The minimum Gasteiger partial charge on any atom is -0.398 e. The molecule has 0 aliphatic carbocycles. The van der Waals surface area contributed by atoms with Gasteiger partial charge in [0.25, 0.3) is 0 Å². The first kappa shape index (κ1) is 12.7.